The molecule has 1 heterocycles. The molecule has 0 radical (unpaired) electrons. The molecule has 1 atom stereocenters. The van der Waals surface area contributed by atoms with Crippen LogP contribution in [0.3, 0.4) is 0 Å². The van der Waals surface area contributed by atoms with E-state index in [-0.39, 0.29) is 12.6 Å². The minimum absolute atomic E-state index is 0.215. The van der Waals surface area contributed by atoms with Gasteiger partial charge in [0.1, 0.15) is 12.4 Å². The number of alkyl halides is 2. The molecule has 0 saturated heterocycles. The van der Waals surface area contributed by atoms with Crippen LogP contribution in [0, 0.1) is 0 Å². The average Bonchev–Trinajstić information content (AvgIpc) is 2.80. The summed E-state index contributed by atoms with van der Waals surface area (Å²) in [5, 5.41) is 0. The lowest BCUT2D eigenvalue weighted by Gasteiger charge is -2.16. The molecule has 106 valence electrons. The molecule has 1 aliphatic rings. The third kappa shape index (κ3) is 3.87. The summed E-state index contributed by atoms with van der Waals surface area (Å²) >= 11 is 3.44. The Kier molecular flexibility index (Phi) is 5.13. The van der Waals surface area contributed by atoms with E-state index < -0.39 is 13.0 Å². The fraction of sp³-hybridized carbons (Fsp3) is 0.538. The van der Waals surface area contributed by atoms with Crippen LogP contribution in [0.1, 0.15) is 23.6 Å². The first kappa shape index (κ1) is 14.7. The number of hydrogen-bond acceptors (Lipinski definition) is 3. The van der Waals surface area contributed by atoms with Crippen molar-refractivity contribution in [2.24, 2.45) is 5.73 Å². The van der Waals surface area contributed by atoms with Crippen molar-refractivity contribution in [2.75, 3.05) is 19.8 Å². The fourth-order valence-corrected chi connectivity index (χ4v) is 2.63. The van der Waals surface area contributed by atoms with Crippen molar-refractivity contribution in [1.82, 2.24) is 0 Å². The van der Waals surface area contributed by atoms with Crippen molar-refractivity contribution in [3.05, 3.63) is 27.7 Å². The lowest BCUT2D eigenvalue weighted by molar-refractivity contribution is 0.0152. The van der Waals surface area contributed by atoms with Crippen LogP contribution >= 0.6 is 15.9 Å². The summed E-state index contributed by atoms with van der Waals surface area (Å²) in [7, 11) is 0. The Morgan fingerprint density at radius 1 is 1.42 bits per heavy atom. The van der Waals surface area contributed by atoms with E-state index in [2.05, 4.69) is 15.9 Å². The molecule has 2 N–H and O–H groups in total. The Labute approximate surface area is 119 Å². The van der Waals surface area contributed by atoms with Crippen LogP contribution in [0.15, 0.2) is 16.6 Å². The fourth-order valence-electron chi connectivity index (χ4n) is 2.11. The molecule has 1 unspecified atom stereocenters. The van der Waals surface area contributed by atoms with E-state index in [9.17, 15) is 8.78 Å². The number of ether oxygens (including phenoxy) is 2. The summed E-state index contributed by atoms with van der Waals surface area (Å²) in [6.45, 7) is 0.333. The lowest BCUT2D eigenvalue weighted by Crippen LogP contribution is -2.15. The Balaban J connectivity index is 1.97. The lowest BCUT2D eigenvalue weighted by atomic mass is 10.0. The number of rotatable bonds is 6. The first-order chi connectivity index (χ1) is 9.08. The minimum Gasteiger partial charge on any atom is -0.493 e. The molecule has 1 aromatic rings. The van der Waals surface area contributed by atoms with Crippen molar-refractivity contribution in [1.29, 1.82) is 0 Å². The second kappa shape index (κ2) is 6.63. The summed E-state index contributed by atoms with van der Waals surface area (Å²) in [6.07, 6.45) is -1.08. The van der Waals surface area contributed by atoms with Gasteiger partial charge < -0.3 is 15.2 Å². The second-order valence-corrected chi connectivity index (χ2v) is 5.36. The minimum atomic E-state index is -2.44. The van der Waals surface area contributed by atoms with Crippen LogP contribution in [-0.4, -0.2) is 26.2 Å². The van der Waals surface area contributed by atoms with Gasteiger partial charge in [-0.2, -0.15) is 0 Å². The van der Waals surface area contributed by atoms with Crippen LogP contribution in [0.2, 0.25) is 0 Å². The molecule has 0 aliphatic carbocycles. The van der Waals surface area contributed by atoms with Gasteiger partial charge in [0.2, 0.25) is 0 Å². The molecule has 1 aliphatic heterocycles. The van der Waals surface area contributed by atoms with Crippen molar-refractivity contribution in [3.63, 3.8) is 0 Å². The topological polar surface area (TPSA) is 44.5 Å². The molecule has 1 aromatic carbocycles. The maximum absolute atomic E-state index is 11.9. The molecule has 0 amide bonds. The van der Waals surface area contributed by atoms with E-state index in [1.165, 1.54) is 0 Å². The van der Waals surface area contributed by atoms with E-state index in [1.54, 1.807) is 0 Å². The van der Waals surface area contributed by atoms with E-state index in [0.29, 0.717) is 13.0 Å². The standard InChI is InChI=1S/C13H16BrF2NO2/c14-9-5-8-1-4-19-13(8)10(6-9)11(17)2-3-18-7-12(15)16/h5-6,11-12H,1-4,7,17H2. The molecule has 2 rings (SSSR count). The molecule has 0 bridgehead atoms. The third-order valence-electron chi connectivity index (χ3n) is 2.99. The van der Waals surface area contributed by atoms with Gasteiger partial charge >= 0.3 is 0 Å². The second-order valence-electron chi connectivity index (χ2n) is 4.44. The molecular formula is C13H16BrF2NO2. The van der Waals surface area contributed by atoms with Gasteiger partial charge in [-0.25, -0.2) is 8.78 Å². The zero-order chi connectivity index (χ0) is 13.8. The quantitative estimate of drug-likeness (QED) is 0.812. The Hall–Kier alpha value is -0.720. The van der Waals surface area contributed by atoms with Crippen molar-refractivity contribution < 1.29 is 18.3 Å². The Bertz CT molecular complexity index is 443. The first-order valence-corrected chi connectivity index (χ1v) is 6.94. The maximum Gasteiger partial charge on any atom is 0.261 e. The highest BCUT2D eigenvalue weighted by molar-refractivity contribution is 9.10. The van der Waals surface area contributed by atoms with Crippen molar-refractivity contribution >= 4 is 15.9 Å². The van der Waals surface area contributed by atoms with Gasteiger partial charge in [-0.3, -0.25) is 0 Å². The molecule has 0 fully saturated rings. The molecule has 19 heavy (non-hydrogen) atoms. The third-order valence-corrected chi connectivity index (χ3v) is 3.45. The van der Waals surface area contributed by atoms with Crippen LogP contribution in [0.25, 0.3) is 0 Å². The summed E-state index contributed by atoms with van der Waals surface area (Å²) in [5.74, 6) is 0.838. The van der Waals surface area contributed by atoms with Gasteiger partial charge in [0.25, 0.3) is 6.43 Å². The van der Waals surface area contributed by atoms with Crippen LogP contribution in [-0.2, 0) is 11.2 Å². The highest BCUT2D eigenvalue weighted by Gasteiger charge is 2.21. The maximum atomic E-state index is 11.9. The predicted octanol–water partition coefficient (Wildman–Crippen LogP) is 3.06. The van der Waals surface area contributed by atoms with Crippen LogP contribution in [0.4, 0.5) is 8.78 Å². The van der Waals surface area contributed by atoms with Crippen molar-refractivity contribution in [2.45, 2.75) is 25.3 Å². The monoisotopic (exact) mass is 335 g/mol. The average molecular weight is 336 g/mol. The summed E-state index contributed by atoms with van der Waals surface area (Å²) < 4.78 is 35.3. The summed E-state index contributed by atoms with van der Waals surface area (Å²) in [6, 6.07) is 3.66. The number of hydrogen-bond donors (Lipinski definition) is 1. The molecule has 3 nitrogen and oxygen atoms in total. The Morgan fingerprint density at radius 2 is 2.21 bits per heavy atom. The highest BCUT2D eigenvalue weighted by atomic mass is 79.9. The van der Waals surface area contributed by atoms with E-state index in [0.717, 1.165) is 27.8 Å². The van der Waals surface area contributed by atoms with Gasteiger partial charge in [0.05, 0.1) is 6.61 Å². The van der Waals surface area contributed by atoms with Crippen LogP contribution in [0.5, 0.6) is 5.75 Å². The highest BCUT2D eigenvalue weighted by Crippen LogP contribution is 2.36. The molecule has 6 heteroatoms. The number of fused-ring (bicyclic) bond motifs is 1. The molecule has 0 aromatic heterocycles. The SMILES string of the molecule is NC(CCOCC(F)F)c1cc(Br)cc2c1OCC2. The molecular weight excluding hydrogens is 320 g/mol. The predicted molar refractivity (Wildman–Crippen MR) is 71.7 cm³/mol. The normalized spacial score (nSPS) is 15.4. The first-order valence-electron chi connectivity index (χ1n) is 6.14. The number of nitrogens with two attached hydrogens (primary N) is 1. The van der Waals surface area contributed by atoms with Gasteiger partial charge in [-0.05, 0) is 24.1 Å². The number of halogens is 3. The zero-order valence-corrected chi connectivity index (χ0v) is 12.0. The number of benzene rings is 1. The van der Waals surface area contributed by atoms with E-state index in [4.69, 9.17) is 15.2 Å². The molecule has 0 saturated carbocycles. The summed E-state index contributed by atoms with van der Waals surface area (Å²) in [5.41, 5.74) is 8.12. The summed E-state index contributed by atoms with van der Waals surface area (Å²) in [4.78, 5) is 0. The van der Waals surface area contributed by atoms with Gasteiger partial charge in [0, 0.05) is 29.1 Å². The Morgan fingerprint density at radius 3 is 2.95 bits per heavy atom. The van der Waals surface area contributed by atoms with E-state index in [1.807, 2.05) is 12.1 Å². The van der Waals surface area contributed by atoms with Gasteiger partial charge in [0.15, 0.2) is 0 Å². The van der Waals surface area contributed by atoms with Crippen molar-refractivity contribution in [3.8, 4) is 5.75 Å². The molecule has 0 spiro atoms. The smallest absolute Gasteiger partial charge is 0.261 e. The largest absolute Gasteiger partial charge is 0.493 e. The van der Waals surface area contributed by atoms with E-state index >= 15 is 0 Å². The zero-order valence-electron chi connectivity index (χ0n) is 10.4. The van der Waals surface area contributed by atoms with Gasteiger partial charge in [-0.15, -0.1) is 0 Å². The van der Waals surface area contributed by atoms with Crippen LogP contribution < -0.4 is 10.5 Å². The van der Waals surface area contributed by atoms with Gasteiger partial charge in [-0.1, -0.05) is 15.9 Å².